The van der Waals surface area contributed by atoms with Crippen molar-refractivity contribution in [1.82, 2.24) is 9.97 Å². The summed E-state index contributed by atoms with van der Waals surface area (Å²) in [7, 11) is 0. The van der Waals surface area contributed by atoms with Crippen molar-refractivity contribution >= 4 is 0 Å². The monoisotopic (exact) mass is 134 g/mol. The molecule has 1 aromatic heterocycles. The minimum Gasteiger partial charge on any atom is -0.245 e. The first-order chi connectivity index (χ1) is 4.97. The second-order valence-electron chi connectivity index (χ2n) is 2.80. The third kappa shape index (κ3) is 0.897. The van der Waals surface area contributed by atoms with Gasteiger partial charge in [0.25, 0.3) is 0 Å². The highest BCUT2D eigenvalue weighted by atomic mass is 14.8. The summed E-state index contributed by atoms with van der Waals surface area (Å²) in [6, 6.07) is 0. The predicted molar refractivity (Wildman–Crippen MR) is 38.6 cm³/mol. The zero-order valence-corrected chi connectivity index (χ0v) is 5.83. The van der Waals surface area contributed by atoms with Gasteiger partial charge in [0.1, 0.15) is 6.33 Å². The minimum absolute atomic E-state index is 0.765. The molecule has 52 valence electrons. The molecule has 0 spiro atoms. The maximum Gasteiger partial charge on any atom is 0.115 e. The molecule has 0 atom stereocenters. The van der Waals surface area contributed by atoms with Crippen molar-refractivity contribution in [3.8, 4) is 0 Å². The average molecular weight is 134 g/mol. The van der Waals surface area contributed by atoms with Gasteiger partial charge in [-0.25, -0.2) is 9.97 Å². The summed E-state index contributed by atoms with van der Waals surface area (Å²) in [4.78, 5) is 7.95. The molecule has 1 aromatic rings. The second-order valence-corrected chi connectivity index (χ2v) is 2.80. The normalized spacial score (nSPS) is 18.4. The van der Waals surface area contributed by atoms with Gasteiger partial charge < -0.3 is 0 Å². The number of hydrogen-bond acceptors (Lipinski definition) is 2. The molecule has 0 aromatic carbocycles. The fraction of sp³-hybridized carbons (Fsp3) is 0.500. The minimum atomic E-state index is 0.765. The molecule has 10 heavy (non-hydrogen) atoms. The molecule has 1 heterocycles. The standard InChI is InChI=1S/C8H10N2/c1-2-7(3-1)8-4-9-6-10-5-8/h4-7H,1-3H2. The Morgan fingerprint density at radius 1 is 1.20 bits per heavy atom. The van der Waals surface area contributed by atoms with E-state index in [9.17, 15) is 0 Å². The summed E-state index contributed by atoms with van der Waals surface area (Å²) >= 11 is 0. The van der Waals surface area contributed by atoms with Crippen LogP contribution in [0.15, 0.2) is 18.7 Å². The lowest BCUT2D eigenvalue weighted by atomic mass is 9.81. The summed E-state index contributed by atoms with van der Waals surface area (Å²) in [5, 5.41) is 0. The van der Waals surface area contributed by atoms with Crippen LogP contribution in [0.3, 0.4) is 0 Å². The fourth-order valence-electron chi connectivity index (χ4n) is 1.26. The van der Waals surface area contributed by atoms with Crippen LogP contribution in [0.5, 0.6) is 0 Å². The molecule has 2 heteroatoms. The van der Waals surface area contributed by atoms with Crippen LogP contribution in [-0.2, 0) is 0 Å². The van der Waals surface area contributed by atoms with Crippen LogP contribution < -0.4 is 0 Å². The fourth-order valence-corrected chi connectivity index (χ4v) is 1.26. The van der Waals surface area contributed by atoms with Gasteiger partial charge in [-0.2, -0.15) is 0 Å². The Morgan fingerprint density at radius 2 is 1.90 bits per heavy atom. The maximum absolute atomic E-state index is 3.98. The van der Waals surface area contributed by atoms with E-state index >= 15 is 0 Å². The van der Waals surface area contributed by atoms with E-state index in [1.807, 2.05) is 12.4 Å². The topological polar surface area (TPSA) is 25.8 Å². The predicted octanol–water partition coefficient (Wildman–Crippen LogP) is 1.74. The van der Waals surface area contributed by atoms with E-state index in [1.54, 1.807) is 6.33 Å². The lowest BCUT2D eigenvalue weighted by molar-refractivity contribution is 0.418. The van der Waals surface area contributed by atoms with Crippen LogP contribution in [-0.4, -0.2) is 9.97 Å². The third-order valence-electron chi connectivity index (χ3n) is 2.16. The van der Waals surface area contributed by atoms with Gasteiger partial charge in [-0.3, -0.25) is 0 Å². The Morgan fingerprint density at radius 3 is 2.40 bits per heavy atom. The third-order valence-corrected chi connectivity index (χ3v) is 2.16. The molecule has 0 N–H and O–H groups in total. The molecule has 1 aliphatic rings. The van der Waals surface area contributed by atoms with Gasteiger partial charge >= 0.3 is 0 Å². The quantitative estimate of drug-likeness (QED) is 0.584. The number of nitrogens with zero attached hydrogens (tertiary/aromatic N) is 2. The molecule has 0 aliphatic heterocycles. The van der Waals surface area contributed by atoms with Gasteiger partial charge in [0.05, 0.1) is 0 Å². The van der Waals surface area contributed by atoms with E-state index in [0.717, 1.165) is 5.92 Å². The largest absolute Gasteiger partial charge is 0.245 e. The zero-order chi connectivity index (χ0) is 6.81. The van der Waals surface area contributed by atoms with Crippen molar-refractivity contribution in [3.63, 3.8) is 0 Å². The molecule has 0 unspecified atom stereocenters. The van der Waals surface area contributed by atoms with Crippen LogP contribution >= 0.6 is 0 Å². The smallest absolute Gasteiger partial charge is 0.115 e. The van der Waals surface area contributed by atoms with Gasteiger partial charge in [-0.05, 0) is 24.3 Å². The molecular formula is C8H10N2. The summed E-state index contributed by atoms with van der Waals surface area (Å²) in [6.07, 6.45) is 9.47. The van der Waals surface area contributed by atoms with Crippen LogP contribution in [0.1, 0.15) is 30.7 Å². The van der Waals surface area contributed by atoms with Crippen molar-refractivity contribution in [3.05, 3.63) is 24.3 Å². The molecule has 1 saturated carbocycles. The summed E-state index contributed by atoms with van der Waals surface area (Å²) in [6.45, 7) is 0. The first-order valence-electron chi connectivity index (χ1n) is 3.72. The first-order valence-corrected chi connectivity index (χ1v) is 3.72. The molecule has 0 bridgehead atoms. The Balaban J connectivity index is 2.18. The molecule has 0 saturated heterocycles. The van der Waals surface area contributed by atoms with Gasteiger partial charge in [0.15, 0.2) is 0 Å². The molecule has 1 aliphatic carbocycles. The van der Waals surface area contributed by atoms with E-state index < -0.39 is 0 Å². The first kappa shape index (κ1) is 5.83. The van der Waals surface area contributed by atoms with Gasteiger partial charge in [0, 0.05) is 12.4 Å². The lowest BCUT2D eigenvalue weighted by Gasteiger charge is -2.24. The number of rotatable bonds is 1. The molecule has 2 nitrogen and oxygen atoms in total. The molecule has 2 rings (SSSR count). The SMILES string of the molecule is c1ncc(C2CCC2)cn1. The Hall–Kier alpha value is -0.920. The zero-order valence-electron chi connectivity index (χ0n) is 5.83. The average Bonchev–Trinajstić information content (AvgIpc) is 1.86. The second kappa shape index (κ2) is 2.37. The summed E-state index contributed by atoms with van der Waals surface area (Å²) in [5.74, 6) is 0.765. The highest BCUT2D eigenvalue weighted by Crippen LogP contribution is 2.35. The molecule has 0 radical (unpaired) electrons. The van der Waals surface area contributed by atoms with E-state index in [-0.39, 0.29) is 0 Å². The van der Waals surface area contributed by atoms with E-state index in [4.69, 9.17) is 0 Å². The number of aromatic nitrogens is 2. The summed E-state index contributed by atoms with van der Waals surface area (Å²) in [5.41, 5.74) is 1.31. The number of hydrogen-bond donors (Lipinski definition) is 0. The Bertz CT molecular complexity index is 204. The molecular weight excluding hydrogens is 124 g/mol. The van der Waals surface area contributed by atoms with Crippen LogP contribution in [0.25, 0.3) is 0 Å². The van der Waals surface area contributed by atoms with Crippen LogP contribution in [0.4, 0.5) is 0 Å². The molecule has 1 fully saturated rings. The van der Waals surface area contributed by atoms with Gasteiger partial charge in [-0.1, -0.05) is 6.42 Å². The van der Waals surface area contributed by atoms with Crippen molar-refractivity contribution in [1.29, 1.82) is 0 Å². The van der Waals surface area contributed by atoms with Crippen molar-refractivity contribution < 1.29 is 0 Å². The highest BCUT2D eigenvalue weighted by Gasteiger charge is 2.19. The van der Waals surface area contributed by atoms with E-state index in [1.165, 1.54) is 24.8 Å². The Labute approximate surface area is 60.3 Å². The van der Waals surface area contributed by atoms with Gasteiger partial charge in [0.2, 0.25) is 0 Å². The van der Waals surface area contributed by atoms with Crippen molar-refractivity contribution in [2.45, 2.75) is 25.2 Å². The van der Waals surface area contributed by atoms with E-state index in [2.05, 4.69) is 9.97 Å². The van der Waals surface area contributed by atoms with Crippen LogP contribution in [0.2, 0.25) is 0 Å². The lowest BCUT2D eigenvalue weighted by Crippen LogP contribution is -2.08. The Kier molecular flexibility index (Phi) is 1.38. The van der Waals surface area contributed by atoms with Crippen molar-refractivity contribution in [2.75, 3.05) is 0 Å². The maximum atomic E-state index is 3.98. The van der Waals surface area contributed by atoms with Gasteiger partial charge in [-0.15, -0.1) is 0 Å². The molecule has 0 amide bonds. The summed E-state index contributed by atoms with van der Waals surface area (Å²) < 4.78 is 0. The highest BCUT2D eigenvalue weighted by molar-refractivity contribution is 5.12. The van der Waals surface area contributed by atoms with E-state index in [0.29, 0.717) is 0 Å². The van der Waals surface area contributed by atoms with Crippen LogP contribution in [0, 0.1) is 0 Å². The van der Waals surface area contributed by atoms with Crippen molar-refractivity contribution in [2.24, 2.45) is 0 Å².